The summed E-state index contributed by atoms with van der Waals surface area (Å²) >= 11 is 0. The quantitative estimate of drug-likeness (QED) is 0.685. The van der Waals surface area contributed by atoms with Crippen LogP contribution in [-0.2, 0) is 4.57 Å². The van der Waals surface area contributed by atoms with E-state index in [2.05, 4.69) is 28.1 Å². The summed E-state index contributed by atoms with van der Waals surface area (Å²) in [5.74, 6) is 0. The van der Waals surface area contributed by atoms with Crippen molar-refractivity contribution >= 4 is 7.59 Å². The summed E-state index contributed by atoms with van der Waals surface area (Å²) in [5, 5.41) is 0. The van der Waals surface area contributed by atoms with E-state index in [4.69, 9.17) is 0 Å². The van der Waals surface area contributed by atoms with Crippen LogP contribution in [0.4, 0.5) is 0 Å². The van der Waals surface area contributed by atoms with Crippen LogP contribution in [0.3, 0.4) is 0 Å². The van der Waals surface area contributed by atoms with Crippen LogP contribution in [0.25, 0.3) is 0 Å². The maximum Gasteiger partial charge on any atom is 0.286 e. The Morgan fingerprint density at radius 3 is 1.83 bits per heavy atom. The minimum atomic E-state index is -2.43. The van der Waals surface area contributed by atoms with E-state index in [9.17, 15) is 4.57 Å². The number of hydrogen-bond acceptors (Lipinski definition) is 1. The fourth-order valence-electron chi connectivity index (χ4n) is 4.11. The molecule has 0 radical (unpaired) electrons. The van der Waals surface area contributed by atoms with Gasteiger partial charge < -0.3 is 0 Å². The molecule has 3 fully saturated rings. The first-order valence-corrected chi connectivity index (χ1v) is 9.04. The Hall–Kier alpha value is 0.110. The molecule has 2 saturated heterocycles. The zero-order chi connectivity index (χ0) is 12.8. The molecule has 3 aliphatic rings. The van der Waals surface area contributed by atoms with Crippen LogP contribution in [0.1, 0.15) is 44.9 Å². The van der Waals surface area contributed by atoms with Crippen LogP contribution in [0.15, 0.2) is 0 Å². The van der Waals surface area contributed by atoms with E-state index in [-0.39, 0.29) is 0 Å². The molecule has 4 nitrogen and oxygen atoms in total. The van der Waals surface area contributed by atoms with Gasteiger partial charge in [0, 0.05) is 25.2 Å². The molecule has 0 N–H and O–H groups in total. The first kappa shape index (κ1) is 13.1. The molecule has 104 valence electrons. The zero-order valence-corrected chi connectivity index (χ0v) is 12.6. The van der Waals surface area contributed by atoms with E-state index in [0.717, 1.165) is 13.1 Å². The van der Waals surface area contributed by atoms with Gasteiger partial charge in [-0.3, -0.25) is 4.57 Å². The number of rotatable bonds is 1. The van der Waals surface area contributed by atoms with Crippen LogP contribution in [-0.4, -0.2) is 53.3 Å². The van der Waals surface area contributed by atoms with E-state index in [1.54, 1.807) is 0 Å². The molecule has 1 aliphatic carbocycles. The van der Waals surface area contributed by atoms with Crippen molar-refractivity contribution in [1.29, 1.82) is 0 Å². The molecule has 0 aromatic carbocycles. The normalized spacial score (nSPS) is 38.8. The van der Waals surface area contributed by atoms with E-state index in [0.29, 0.717) is 12.1 Å². The molecular formula is C13H26N3OP. The summed E-state index contributed by atoms with van der Waals surface area (Å²) in [6, 6.07) is 1.05. The van der Waals surface area contributed by atoms with E-state index in [1.165, 1.54) is 44.9 Å². The van der Waals surface area contributed by atoms with E-state index >= 15 is 0 Å². The summed E-state index contributed by atoms with van der Waals surface area (Å²) in [5.41, 5.74) is 0. The number of fused-ring (bicyclic) bond motifs is 1. The Kier molecular flexibility index (Phi) is 3.57. The lowest BCUT2D eigenvalue weighted by molar-refractivity contribution is 0.233. The van der Waals surface area contributed by atoms with Gasteiger partial charge in [-0.05, 0) is 39.8 Å². The lowest BCUT2D eigenvalue weighted by Crippen LogP contribution is -2.37. The highest BCUT2D eigenvalue weighted by Gasteiger charge is 2.54. The van der Waals surface area contributed by atoms with Gasteiger partial charge in [0.05, 0.1) is 0 Å². The van der Waals surface area contributed by atoms with Crippen molar-refractivity contribution in [2.45, 2.75) is 57.0 Å². The van der Waals surface area contributed by atoms with Crippen LogP contribution in [0.5, 0.6) is 0 Å². The Bertz CT molecular complexity index is 334. The summed E-state index contributed by atoms with van der Waals surface area (Å²) in [6.45, 7) is 2.04. The van der Waals surface area contributed by atoms with E-state index in [1.807, 2.05) is 0 Å². The number of nitrogens with zero attached hydrogens (tertiary/aromatic N) is 3. The van der Waals surface area contributed by atoms with Gasteiger partial charge in [0.25, 0.3) is 7.59 Å². The predicted octanol–water partition coefficient (Wildman–Crippen LogP) is 2.77. The highest BCUT2D eigenvalue weighted by atomic mass is 31.2. The molecule has 5 heteroatoms. The Balaban J connectivity index is 1.87. The summed E-state index contributed by atoms with van der Waals surface area (Å²) in [7, 11) is 1.77. The molecule has 18 heavy (non-hydrogen) atoms. The second-order valence-electron chi connectivity index (χ2n) is 6.09. The Morgan fingerprint density at radius 1 is 0.833 bits per heavy atom. The number of likely N-dealkylation sites (N-methyl/N-ethyl adjacent to an activating group) is 2. The third-order valence-electron chi connectivity index (χ3n) is 5.18. The van der Waals surface area contributed by atoms with Gasteiger partial charge in [0.2, 0.25) is 0 Å². The van der Waals surface area contributed by atoms with Crippen LogP contribution < -0.4 is 0 Å². The molecular weight excluding hydrogens is 245 g/mol. The van der Waals surface area contributed by atoms with Crippen molar-refractivity contribution in [3.8, 4) is 0 Å². The SMILES string of the molecule is CN1[C@@H]2CCCC[C@H]2N(C)P1(=O)N1CCCCC1. The van der Waals surface area contributed by atoms with Crippen molar-refractivity contribution in [2.75, 3.05) is 27.2 Å². The summed E-state index contributed by atoms with van der Waals surface area (Å²) < 4.78 is 20.3. The summed E-state index contributed by atoms with van der Waals surface area (Å²) in [6.07, 6.45) is 8.78. The van der Waals surface area contributed by atoms with E-state index < -0.39 is 7.59 Å². The average molecular weight is 271 g/mol. The maximum absolute atomic E-state index is 13.6. The monoisotopic (exact) mass is 271 g/mol. The van der Waals surface area contributed by atoms with Gasteiger partial charge >= 0.3 is 0 Å². The molecule has 2 aliphatic heterocycles. The topological polar surface area (TPSA) is 26.8 Å². The third-order valence-corrected chi connectivity index (χ3v) is 8.55. The van der Waals surface area contributed by atoms with Gasteiger partial charge in [0.1, 0.15) is 0 Å². The van der Waals surface area contributed by atoms with Crippen LogP contribution >= 0.6 is 7.59 Å². The van der Waals surface area contributed by atoms with Crippen molar-refractivity contribution in [2.24, 2.45) is 0 Å². The van der Waals surface area contributed by atoms with Gasteiger partial charge in [-0.25, -0.2) is 14.0 Å². The fourth-order valence-corrected chi connectivity index (χ4v) is 7.47. The molecule has 0 amide bonds. The second kappa shape index (κ2) is 4.90. The van der Waals surface area contributed by atoms with Gasteiger partial charge in [-0.15, -0.1) is 0 Å². The molecule has 0 bridgehead atoms. The molecule has 0 aromatic rings. The highest BCUT2D eigenvalue weighted by molar-refractivity contribution is 7.56. The number of hydrogen-bond donors (Lipinski definition) is 0. The van der Waals surface area contributed by atoms with Gasteiger partial charge in [-0.1, -0.05) is 19.3 Å². The minimum Gasteiger partial charge on any atom is -0.270 e. The average Bonchev–Trinajstić information content (AvgIpc) is 2.64. The van der Waals surface area contributed by atoms with Crippen molar-refractivity contribution in [1.82, 2.24) is 14.0 Å². The minimum absolute atomic E-state index is 0.525. The van der Waals surface area contributed by atoms with Crippen molar-refractivity contribution in [3.63, 3.8) is 0 Å². The molecule has 1 saturated carbocycles. The molecule has 0 spiro atoms. The lowest BCUT2D eigenvalue weighted by Gasteiger charge is -2.38. The number of piperidine rings is 1. The first-order valence-electron chi connectivity index (χ1n) is 7.48. The summed E-state index contributed by atoms with van der Waals surface area (Å²) in [4.78, 5) is 0. The van der Waals surface area contributed by atoms with Gasteiger partial charge in [-0.2, -0.15) is 0 Å². The molecule has 2 atom stereocenters. The fraction of sp³-hybridized carbons (Fsp3) is 1.00. The predicted molar refractivity (Wildman–Crippen MR) is 74.6 cm³/mol. The lowest BCUT2D eigenvalue weighted by atomic mass is 9.91. The zero-order valence-electron chi connectivity index (χ0n) is 11.7. The standard InChI is InChI=1S/C13H26N3OP/c1-14-12-8-4-5-9-13(12)15(2)18(14,17)16-10-6-3-7-11-16/h12-13H,3-11H2,1-2H3/t12-,13-/m1/s1. The van der Waals surface area contributed by atoms with Crippen molar-refractivity contribution < 1.29 is 4.57 Å². The molecule has 2 heterocycles. The smallest absolute Gasteiger partial charge is 0.270 e. The van der Waals surface area contributed by atoms with Crippen LogP contribution in [0, 0.1) is 0 Å². The molecule has 0 unspecified atom stereocenters. The third kappa shape index (κ3) is 1.81. The Labute approximate surface area is 111 Å². The largest absolute Gasteiger partial charge is 0.286 e. The Morgan fingerprint density at radius 2 is 1.33 bits per heavy atom. The first-order chi connectivity index (χ1) is 8.65. The molecule has 0 aromatic heterocycles. The highest BCUT2D eigenvalue weighted by Crippen LogP contribution is 2.64. The van der Waals surface area contributed by atoms with Gasteiger partial charge in [0.15, 0.2) is 0 Å². The second-order valence-corrected chi connectivity index (χ2v) is 8.95. The maximum atomic E-state index is 13.6. The molecule has 3 rings (SSSR count). The van der Waals surface area contributed by atoms with Crippen molar-refractivity contribution in [3.05, 3.63) is 0 Å². The van der Waals surface area contributed by atoms with Crippen LogP contribution in [0.2, 0.25) is 0 Å².